The van der Waals surface area contributed by atoms with E-state index < -0.39 is 6.23 Å². The molecule has 1 unspecified atom stereocenters. The minimum atomic E-state index is -0.643. The van der Waals surface area contributed by atoms with E-state index in [2.05, 4.69) is 10.2 Å². The average Bonchev–Trinajstić information content (AvgIpc) is 2.96. The van der Waals surface area contributed by atoms with Crippen molar-refractivity contribution in [3.8, 4) is 0 Å². The minimum absolute atomic E-state index is 0.139. The molecular formula is C13H20N4O3S. The fourth-order valence-corrected chi connectivity index (χ4v) is 2.78. The smallest absolute Gasteiger partial charge is 0.329 e. The molecular weight excluding hydrogens is 292 g/mol. The number of amides is 2. The number of likely N-dealkylation sites (N-methyl/N-ethyl adjacent to an activating group) is 1. The molecule has 1 saturated heterocycles. The Hall–Kier alpha value is -1.70. The number of nitrogens with zero attached hydrogens (tertiary/aromatic N) is 4. The first kappa shape index (κ1) is 15.7. The molecule has 21 heavy (non-hydrogen) atoms. The molecule has 0 saturated carbocycles. The van der Waals surface area contributed by atoms with Gasteiger partial charge >= 0.3 is 12.0 Å². The summed E-state index contributed by atoms with van der Waals surface area (Å²) in [4.78, 5) is 26.7. The zero-order valence-corrected chi connectivity index (χ0v) is 13.7. The third kappa shape index (κ3) is 3.15. The van der Waals surface area contributed by atoms with Crippen molar-refractivity contribution in [2.24, 2.45) is 0 Å². The number of urea groups is 1. The number of carbonyl (C=O) groups is 2. The highest BCUT2D eigenvalue weighted by Crippen LogP contribution is 2.33. The second-order valence-electron chi connectivity index (χ2n) is 5.97. The molecule has 2 heterocycles. The first-order chi connectivity index (χ1) is 9.74. The Morgan fingerprint density at radius 1 is 1.43 bits per heavy atom. The van der Waals surface area contributed by atoms with Crippen LogP contribution in [-0.2, 0) is 14.9 Å². The van der Waals surface area contributed by atoms with E-state index in [1.165, 1.54) is 21.1 Å². The molecule has 1 atom stereocenters. The SMILES string of the molecule is CCC(=O)OC1CN(C)C(=O)N1c1nnc(C(C)(C)C)s1. The summed E-state index contributed by atoms with van der Waals surface area (Å²) in [5.74, 6) is -0.339. The lowest BCUT2D eigenvalue weighted by Gasteiger charge is -2.19. The number of carbonyl (C=O) groups excluding carboxylic acids is 2. The zero-order valence-electron chi connectivity index (χ0n) is 12.9. The molecule has 8 heteroatoms. The van der Waals surface area contributed by atoms with Gasteiger partial charge in [0.1, 0.15) is 5.01 Å². The second-order valence-corrected chi connectivity index (χ2v) is 6.93. The van der Waals surface area contributed by atoms with E-state index in [4.69, 9.17) is 4.74 Å². The summed E-state index contributed by atoms with van der Waals surface area (Å²) in [5.41, 5.74) is -0.139. The molecule has 0 aliphatic carbocycles. The molecule has 1 aromatic heterocycles. The molecule has 0 spiro atoms. The molecule has 0 bridgehead atoms. The van der Waals surface area contributed by atoms with Crippen LogP contribution in [0.2, 0.25) is 0 Å². The predicted molar refractivity (Wildman–Crippen MR) is 79.3 cm³/mol. The first-order valence-corrected chi connectivity index (χ1v) is 7.63. The van der Waals surface area contributed by atoms with E-state index in [1.807, 2.05) is 20.8 Å². The molecule has 0 aromatic carbocycles. The third-order valence-corrected chi connectivity index (χ3v) is 4.42. The van der Waals surface area contributed by atoms with Crippen molar-refractivity contribution in [2.45, 2.75) is 45.8 Å². The summed E-state index contributed by atoms with van der Waals surface area (Å²) < 4.78 is 5.33. The summed E-state index contributed by atoms with van der Waals surface area (Å²) in [5, 5.41) is 9.52. The number of ether oxygens (including phenoxy) is 1. The summed E-state index contributed by atoms with van der Waals surface area (Å²) in [6, 6.07) is -0.236. The molecule has 1 aliphatic heterocycles. The van der Waals surface area contributed by atoms with Gasteiger partial charge in [-0.25, -0.2) is 9.69 Å². The lowest BCUT2D eigenvalue weighted by Crippen LogP contribution is -2.37. The Balaban J connectivity index is 2.27. The van der Waals surface area contributed by atoms with E-state index in [9.17, 15) is 9.59 Å². The van der Waals surface area contributed by atoms with Gasteiger partial charge < -0.3 is 9.64 Å². The van der Waals surface area contributed by atoms with Crippen molar-refractivity contribution < 1.29 is 14.3 Å². The van der Waals surface area contributed by atoms with Crippen LogP contribution in [0, 0.1) is 0 Å². The zero-order chi connectivity index (χ0) is 15.8. The van der Waals surface area contributed by atoms with Gasteiger partial charge in [-0.2, -0.15) is 0 Å². The van der Waals surface area contributed by atoms with Crippen LogP contribution in [0.25, 0.3) is 0 Å². The molecule has 1 fully saturated rings. The van der Waals surface area contributed by atoms with Crippen molar-refractivity contribution >= 4 is 28.5 Å². The van der Waals surface area contributed by atoms with Gasteiger partial charge in [0.25, 0.3) is 0 Å². The number of aromatic nitrogens is 2. The maximum absolute atomic E-state index is 12.2. The van der Waals surface area contributed by atoms with E-state index >= 15 is 0 Å². The molecule has 2 rings (SSSR count). The topological polar surface area (TPSA) is 75.6 Å². The van der Waals surface area contributed by atoms with Gasteiger partial charge in [0.05, 0.1) is 6.54 Å². The highest BCUT2D eigenvalue weighted by atomic mass is 32.1. The minimum Gasteiger partial charge on any atom is -0.439 e. The van der Waals surface area contributed by atoms with Crippen LogP contribution in [0.1, 0.15) is 39.1 Å². The van der Waals surface area contributed by atoms with E-state index in [0.717, 1.165) is 5.01 Å². The fraction of sp³-hybridized carbons (Fsp3) is 0.692. The first-order valence-electron chi connectivity index (χ1n) is 6.81. The van der Waals surface area contributed by atoms with E-state index in [-0.39, 0.29) is 23.8 Å². The quantitative estimate of drug-likeness (QED) is 0.798. The number of hydrogen-bond acceptors (Lipinski definition) is 6. The van der Waals surface area contributed by atoms with Crippen LogP contribution in [-0.4, -0.2) is 46.9 Å². The Morgan fingerprint density at radius 3 is 2.62 bits per heavy atom. The van der Waals surface area contributed by atoms with Gasteiger partial charge in [-0.15, -0.1) is 10.2 Å². The highest BCUT2D eigenvalue weighted by molar-refractivity contribution is 7.15. The molecule has 2 amide bonds. The summed E-state index contributed by atoms with van der Waals surface area (Å²) >= 11 is 1.35. The Morgan fingerprint density at radius 2 is 2.10 bits per heavy atom. The number of anilines is 1. The van der Waals surface area contributed by atoms with Crippen LogP contribution in [0.4, 0.5) is 9.93 Å². The molecule has 0 radical (unpaired) electrons. The van der Waals surface area contributed by atoms with Crippen LogP contribution in [0.5, 0.6) is 0 Å². The van der Waals surface area contributed by atoms with Crippen LogP contribution in [0.15, 0.2) is 0 Å². The fourth-order valence-electron chi connectivity index (χ4n) is 1.85. The van der Waals surface area contributed by atoms with Gasteiger partial charge in [-0.05, 0) is 0 Å². The van der Waals surface area contributed by atoms with Gasteiger partial charge in [0, 0.05) is 18.9 Å². The standard InChI is InChI=1S/C13H20N4O3S/c1-6-9(18)20-8-7-16(5)12(19)17(8)11-15-14-10(21-11)13(2,3)4/h8H,6-7H2,1-5H3. The largest absolute Gasteiger partial charge is 0.439 e. The lowest BCUT2D eigenvalue weighted by atomic mass is 9.98. The van der Waals surface area contributed by atoms with Crippen LogP contribution >= 0.6 is 11.3 Å². The predicted octanol–water partition coefficient (Wildman–Crippen LogP) is 1.99. The summed E-state index contributed by atoms with van der Waals surface area (Å²) in [6.07, 6.45) is -0.373. The Kier molecular flexibility index (Phi) is 4.18. The number of rotatable bonds is 3. The Labute approximate surface area is 127 Å². The second kappa shape index (κ2) is 5.59. The third-order valence-electron chi connectivity index (χ3n) is 3.07. The van der Waals surface area contributed by atoms with Crippen molar-refractivity contribution in [1.82, 2.24) is 15.1 Å². The highest BCUT2D eigenvalue weighted by Gasteiger charge is 2.41. The number of esters is 1. The van der Waals surface area contributed by atoms with Crippen molar-refractivity contribution in [3.05, 3.63) is 5.01 Å². The maximum Gasteiger partial charge on any atom is 0.329 e. The molecule has 1 aromatic rings. The van der Waals surface area contributed by atoms with Crippen LogP contribution < -0.4 is 4.90 Å². The maximum atomic E-state index is 12.2. The normalized spacial score (nSPS) is 19.3. The van der Waals surface area contributed by atoms with Gasteiger partial charge in [-0.1, -0.05) is 39.0 Å². The molecule has 7 nitrogen and oxygen atoms in total. The lowest BCUT2D eigenvalue weighted by molar-refractivity contribution is -0.147. The average molecular weight is 312 g/mol. The molecule has 0 N–H and O–H groups in total. The van der Waals surface area contributed by atoms with Gasteiger partial charge in [0.15, 0.2) is 0 Å². The molecule has 1 aliphatic rings. The van der Waals surface area contributed by atoms with E-state index in [0.29, 0.717) is 11.7 Å². The van der Waals surface area contributed by atoms with Gasteiger partial charge in [0.2, 0.25) is 11.4 Å². The summed E-state index contributed by atoms with van der Waals surface area (Å²) in [6.45, 7) is 8.14. The van der Waals surface area contributed by atoms with Crippen LogP contribution in [0.3, 0.4) is 0 Å². The number of hydrogen-bond donors (Lipinski definition) is 0. The van der Waals surface area contributed by atoms with Crippen molar-refractivity contribution in [3.63, 3.8) is 0 Å². The van der Waals surface area contributed by atoms with E-state index in [1.54, 1.807) is 14.0 Å². The van der Waals surface area contributed by atoms with Gasteiger partial charge in [-0.3, -0.25) is 4.79 Å². The Bertz CT molecular complexity index is 552. The van der Waals surface area contributed by atoms with Crippen molar-refractivity contribution in [1.29, 1.82) is 0 Å². The van der Waals surface area contributed by atoms with Crippen molar-refractivity contribution in [2.75, 3.05) is 18.5 Å². The molecule has 116 valence electrons. The monoisotopic (exact) mass is 312 g/mol. The summed E-state index contributed by atoms with van der Waals surface area (Å²) in [7, 11) is 1.67.